The van der Waals surface area contributed by atoms with E-state index in [0.29, 0.717) is 22.2 Å². The molecule has 0 aliphatic rings. The molecule has 0 unspecified atom stereocenters. The van der Waals surface area contributed by atoms with Gasteiger partial charge in [0.1, 0.15) is 11.3 Å². The van der Waals surface area contributed by atoms with Gasteiger partial charge in [0.05, 0.1) is 29.5 Å². The van der Waals surface area contributed by atoms with Crippen LogP contribution >= 0.6 is 23.2 Å². The van der Waals surface area contributed by atoms with Gasteiger partial charge in [-0.25, -0.2) is 4.98 Å². The van der Waals surface area contributed by atoms with Crippen molar-refractivity contribution >= 4 is 40.7 Å². The lowest BCUT2D eigenvalue weighted by Gasteiger charge is -2.16. The average Bonchev–Trinajstić information content (AvgIpc) is 2.77. The number of rotatable bonds is 10. The lowest BCUT2D eigenvalue weighted by atomic mass is 10.1. The number of carbonyl (C=O) groups is 1. The van der Waals surface area contributed by atoms with Gasteiger partial charge in [-0.2, -0.15) is 4.98 Å². The monoisotopic (exact) mass is 503 g/mol. The van der Waals surface area contributed by atoms with Crippen molar-refractivity contribution in [3.8, 4) is 22.9 Å². The summed E-state index contributed by atoms with van der Waals surface area (Å²) in [6, 6.07) is 10.7. The van der Waals surface area contributed by atoms with Crippen molar-refractivity contribution < 1.29 is 14.3 Å². The van der Waals surface area contributed by atoms with E-state index in [-0.39, 0.29) is 23.1 Å². The summed E-state index contributed by atoms with van der Waals surface area (Å²) in [6.45, 7) is 3.54. The molecule has 0 saturated carbocycles. The molecule has 1 aromatic heterocycles. The van der Waals surface area contributed by atoms with Gasteiger partial charge >= 0.3 is 0 Å². The van der Waals surface area contributed by atoms with Crippen molar-refractivity contribution in [1.82, 2.24) is 14.9 Å². The smallest absolute Gasteiger partial charge is 0.256 e. The molecule has 10 heteroatoms. The Labute approximate surface area is 209 Å². The molecule has 0 aliphatic carbocycles. The first kappa shape index (κ1) is 25.6. The van der Waals surface area contributed by atoms with E-state index < -0.39 is 5.91 Å². The molecule has 3 N–H and O–H groups in total. The van der Waals surface area contributed by atoms with E-state index >= 15 is 0 Å². The molecule has 0 aliphatic heterocycles. The van der Waals surface area contributed by atoms with Crippen LogP contribution in [0.1, 0.15) is 22.3 Å². The van der Waals surface area contributed by atoms with Crippen molar-refractivity contribution in [1.29, 1.82) is 0 Å². The molecule has 3 aromatic rings. The predicted octanol–water partition coefficient (Wildman–Crippen LogP) is 4.94. The molecular formula is C24H27Cl2N5O3. The Kier molecular flexibility index (Phi) is 8.55. The number of aryl methyl sites for hydroxylation is 1. The van der Waals surface area contributed by atoms with Crippen molar-refractivity contribution in [3.63, 3.8) is 0 Å². The van der Waals surface area contributed by atoms with Gasteiger partial charge < -0.3 is 25.4 Å². The summed E-state index contributed by atoms with van der Waals surface area (Å²) >= 11 is 12.8. The highest BCUT2D eigenvalue weighted by molar-refractivity contribution is 6.39. The Balaban J connectivity index is 1.94. The average molecular weight is 504 g/mol. The molecule has 0 saturated heterocycles. The van der Waals surface area contributed by atoms with Gasteiger partial charge in [0.2, 0.25) is 11.8 Å². The molecule has 0 spiro atoms. The fourth-order valence-electron chi connectivity index (χ4n) is 3.35. The van der Waals surface area contributed by atoms with Crippen LogP contribution in [0.25, 0.3) is 11.3 Å². The molecule has 0 radical (unpaired) electrons. The van der Waals surface area contributed by atoms with Crippen molar-refractivity contribution in [2.75, 3.05) is 39.7 Å². The summed E-state index contributed by atoms with van der Waals surface area (Å²) in [5, 5.41) is 3.77. The van der Waals surface area contributed by atoms with Gasteiger partial charge in [-0.3, -0.25) is 4.79 Å². The maximum atomic E-state index is 12.2. The Bertz CT molecular complexity index is 1170. The summed E-state index contributed by atoms with van der Waals surface area (Å²) in [7, 11) is 5.46. The lowest BCUT2D eigenvalue weighted by molar-refractivity contribution is 0.0997. The van der Waals surface area contributed by atoms with Crippen LogP contribution in [0.3, 0.4) is 0 Å². The first-order chi connectivity index (χ1) is 16.2. The molecule has 1 amide bonds. The quantitative estimate of drug-likeness (QED) is 0.377. The first-order valence-electron chi connectivity index (χ1n) is 10.6. The maximum Gasteiger partial charge on any atom is 0.256 e. The van der Waals surface area contributed by atoms with Crippen molar-refractivity contribution in [2.24, 2.45) is 5.73 Å². The minimum absolute atomic E-state index is 0.00792. The number of halogens is 2. The van der Waals surface area contributed by atoms with Gasteiger partial charge in [0.25, 0.3) is 5.91 Å². The number of anilines is 2. The number of hydrogen-bond donors (Lipinski definition) is 2. The predicted molar refractivity (Wildman–Crippen MR) is 136 cm³/mol. The topological polar surface area (TPSA) is 103 Å². The third-order valence-corrected chi connectivity index (χ3v) is 5.58. The van der Waals surface area contributed by atoms with Gasteiger partial charge in [-0.15, -0.1) is 0 Å². The van der Waals surface area contributed by atoms with Crippen LogP contribution in [-0.2, 0) is 0 Å². The number of hydrogen-bond acceptors (Lipinski definition) is 7. The summed E-state index contributed by atoms with van der Waals surface area (Å²) in [5.41, 5.74) is 7.81. The van der Waals surface area contributed by atoms with Gasteiger partial charge in [-0.1, -0.05) is 29.3 Å². The molecular weight excluding hydrogens is 477 g/mol. The second-order valence-corrected chi connectivity index (χ2v) is 8.67. The lowest BCUT2D eigenvalue weighted by Crippen LogP contribution is -2.17. The van der Waals surface area contributed by atoms with E-state index in [1.54, 1.807) is 18.2 Å². The normalized spacial score (nSPS) is 10.9. The SMILES string of the molecule is COc1nc(Nc2ccc(OCCCN(C)C)c(C)c2)nc(-c2c(Cl)cccc2Cl)c1C(N)=O. The van der Waals surface area contributed by atoms with Gasteiger partial charge in [0, 0.05) is 17.8 Å². The minimum atomic E-state index is -0.763. The number of nitrogens with one attached hydrogen (secondary N) is 1. The van der Waals surface area contributed by atoms with E-state index in [1.165, 1.54) is 7.11 Å². The first-order valence-corrected chi connectivity index (χ1v) is 11.3. The standard InChI is InChI=1S/C24H27Cl2N5O3/c1-14-13-15(9-10-18(14)34-12-6-11-31(2)3)28-24-29-21(19-16(25)7-5-8-17(19)26)20(22(27)32)23(30-24)33-4/h5,7-10,13H,6,11-12H2,1-4H3,(H2,27,32)(H,28,29,30). The van der Waals surface area contributed by atoms with Crippen LogP contribution in [0.5, 0.6) is 11.6 Å². The van der Waals surface area contributed by atoms with Crippen LogP contribution in [0.15, 0.2) is 36.4 Å². The fraction of sp³-hybridized carbons (Fsp3) is 0.292. The van der Waals surface area contributed by atoms with Crippen LogP contribution in [0, 0.1) is 6.92 Å². The highest BCUT2D eigenvalue weighted by atomic mass is 35.5. The molecule has 1 heterocycles. The Hall–Kier alpha value is -3.07. The zero-order valence-electron chi connectivity index (χ0n) is 19.5. The maximum absolute atomic E-state index is 12.2. The van der Waals surface area contributed by atoms with Crippen molar-refractivity contribution in [2.45, 2.75) is 13.3 Å². The van der Waals surface area contributed by atoms with Crippen LogP contribution in [0.2, 0.25) is 10.0 Å². The highest BCUT2D eigenvalue weighted by Gasteiger charge is 2.24. The minimum Gasteiger partial charge on any atom is -0.493 e. The fourth-order valence-corrected chi connectivity index (χ4v) is 3.93. The van der Waals surface area contributed by atoms with E-state index in [1.807, 2.05) is 39.2 Å². The Morgan fingerprint density at radius 1 is 1.15 bits per heavy atom. The summed E-state index contributed by atoms with van der Waals surface area (Å²) in [4.78, 5) is 23.2. The van der Waals surface area contributed by atoms with Crippen LogP contribution in [0.4, 0.5) is 11.6 Å². The number of amides is 1. The zero-order valence-corrected chi connectivity index (χ0v) is 21.0. The van der Waals surface area contributed by atoms with E-state index in [0.717, 1.165) is 30.0 Å². The Morgan fingerprint density at radius 2 is 1.85 bits per heavy atom. The molecule has 0 bridgehead atoms. The molecule has 2 aromatic carbocycles. The molecule has 0 atom stereocenters. The largest absolute Gasteiger partial charge is 0.493 e. The number of carbonyl (C=O) groups excluding carboxylic acids is 1. The number of aromatic nitrogens is 2. The Morgan fingerprint density at radius 3 is 2.44 bits per heavy atom. The number of primary amides is 1. The molecule has 180 valence electrons. The molecule has 8 nitrogen and oxygen atoms in total. The summed E-state index contributed by atoms with van der Waals surface area (Å²) in [5.74, 6) is 0.233. The molecule has 0 fully saturated rings. The third kappa shape index (κ3) is 6.08. The summed E-state index contributed by atoms with van der Waals surface area (Å²) in [6.07, 6.45) is 0.930. The van der Waals surface area contributed by atoms with Crippen molar-refractivity contribution in [3.05, 3.63) is 57.6 Å². The number of methoxy groups -OCH3 is 1. The second kappa shape index (κ2) is 11.4. The summed E-state index contributed by atoms with van der Waals surface area (Å²) < 4.78 is 11.2. The number of nitrogens with two attached hydrogens (primary N) is 1. The van der Waals surface area contributed by atoms with E-state index in [2.05, 4.69) is 20.2 Å². The third-order valence-electron chi connectivity index (χ3n) is 4.95. The van der Waals surface area contributed by atoms with E-state index in [9.17, 15) is 4.79 Å². The molecule has 34 heavy (non-hydrogen) atoms. The van der Waals surface area contributed by atoms with Gasteiger partial charge in [-0.05, 0) is 63.3 Å². The molecule has 3 rings (SSSR count). The van der Waals surface area contributed by atoms with Gasteiger partial charge in [0.15, 0.2) is 0 Å². The second-order valence-electron chi connectivity index (χ2n) is 7.85. The van der Waals surface area contributed by atoms with Crippen LogP contribution in [-0.4, -0.2) is 55.1 Å². The number of benzene rings is 2. The van der Waals surface area contributed by atoms with E-state index in [4.69, 9.17) is 38.4 Å². The highest BCUT2D eigenvalue weighted by Crippen LogP contribution is 2.38. The zero-order chi connectivity index (χ0) is 24.8. The number of ether oxygens (including phenoxy) is 2. The van der Waals surface area contributed by atoms with Crippen LogP contribution < -0.4 is 20.5 Å². The number of nitrogens with zero attached hydrogens (tertiary/aromatic N) is 3.